The van der Waals surface area contributed by atoms with Crippen LogP contribution in [-0.4, -0.2) is 20.7 Å². The highest BCUT2D eigenvalue weighted by molar-refractivity contribution is 5.76. The molecule has 3 aromatic heterocycles. The van der Waals surface area contributed by atoms with Crippen LogP contribution in [0.3, 0.4) is 0 Å². The summed E-state index contributed by atoms with van der Waals surface area (Å²) >= 11 is 0. The fourth-order valence-corrected chi connectivity index (χ4v) is 3.21. The van der Waals surface area contributed by atoms with E-state index >= 15 is 0 Å². The van der Waals surface area contributed by atoms with Crippen LogP contribution in [0.15, 0.2) is 51.5 Å². The van der Waals surface area contributed by atoms with Gasteiger partial charge in [0.05, 0.1) is 11.8 Å². The Morgan fingerprint density at radius 1 is 1.10 bits per heavy atom. The van der Waals surface area contributed by atoms with E-state index in [2.05, 4.69) is 15.5 Å². The number of nitrogens with zero attached hydrogens (tertiary/aromatic N) is 3. The third-order valence-electron chi connectivity index (χ3n) is 4.67. The smallest absolute Gasteiger partial charge is 0.283 e. The predicted octanol–water partition coefficient (Wildman–Crippen LogP) is 4.01. The lowest BCUT2D eigenvalue weighted by atomic mass is 10.2. The molecule has 9 heteroatoms. The quantitative estimate of drug-likeness (QED) is 0.517. The van der Waals surface area contributed by atoms with Crippen molar-refractivity contribution in [3.8, 4) is 23.1 Å². The molecule has 7 nitrogen and oxygen atoms in total. The van der Waals surface area contributed by atoms with Crippen LogP contribution >= 0.6 is 0 Å². The molecule has 0 spiro atoms. The van der Waals surface area contributed by atoms with Crippen molar-refractivity contribution < 1.29 is 22.4 Å². The van der Waals surface area contributed by atoms with Gasteiger partial charge < -0.3 is 18.7 Å². The number of aryl methyl sites for hydroxylation is 1. The molecule has 0 aliphatic carbocycles. The summed E-state index contributed by atoms with van der Waals surface area (Å²) in [5.74, 6) is -0.620. The van der Waals surface area contributed by atoms with Crippen molar-refractivity contribution in [2.24, 2.45) is 0 Å². The zero-order chi connectivity index (χ0) is 21.3. The summed E-state index contributed by atoms with van der Waals surface area (Å²) < 4.78 is 39.3. The van der Waals surface area contributed by atoms with E-state index in [4.69, 9.17) is 8.83 Å². The molecule has 30 heavy (non-hydrogen) atoms. The molecule has 0 fully saturated rings. The van der Waals surface area contributed by atoms with E-state index in [0.717, 1.165) is 17.5 Å². The molecule has 0 aliphatic rings. The van der Waals surface area contributed by atoms with Crippen molar-refractivity contribution in [2.45, 2.75) is 26.9 Å². The van der Waals surface area contributed by atoms with Gasteiger partial charge in [-0.3, -0.25) is 4.79 Å². The van der Waals surface area contributed by atoms with Crippen molar-refractivity contribution in [3.63, 3.8) is 0 Å². The number of rotatable bonds is 6. The molecule has 154 valence electrons. The average Bonchev–Trinajstić information content (AvgIpc) is 3.42. The largest absolute Gasteiger partial charge is 0.459 e. The number of benzene rings is 1. The van der Waals surface area contributed by atoms with Gasteiger partial charge in [0, 0.05) is 24.0 Å². The number of halogens is 2. The first-order chi connectivity index (χ1) is 14.4. The second-order valence-corrected chi connectivity index (χ2v) is 6.82. The van der Waals surface area contributed by atoms with E-state index in [9.17, 15) is 13.6 Å². The molecule has 1 N–H and O–H groups in total. The molecule has 3 heterocycles. The molecule has 0 saturated heterocycles. The molecule has 0 bridgehead atoms. The molecule has 0 saturated carbocycles. The van der Waals surface area contributed by atoms with Gasteiger partial charge in [-0.15, -0.1) is 10.2 Å². The lowest BCUT2D eigenvalue weighted by Gasteiger charge is -2.10. The zero-order valence-electron chi connectivity index (χ0n) is 16.3. The molecule has 0 aliphatic heterocycles. The highest BCUT2D eigenvalue weighted by atomic mass is 19.1. The fourth-order valence-electron chi connectivity index (χ4n) is 3.21. The molecular formula is C21H18F2N4O3. The Kier molecular flexibility index (Phi) is 5.18. The number of hydrogen-bond acceptors (Lipinski definition) is 5. The van der Waals surface area contributed by atoms with Crippen LogP contribution in [-0.2, 0) is 17.9 Å². The SMILES string of the molecule is Cc1cc(-c2nnc(-c3ccco3)o2)c(C)n1CC(=O)NCc1cc(F)cc(F)c1. The van der Waals surface area contributed by atoms with E-state index < -0.39 is 11.6 Å². The molecule has 1 aromatic carbocycles. The minimum atomic E-state index is -0.686. The maximum Gasteiger partial charge on any atom is 0.283 e. The lowest BCUT2D eigenvalue weighted by molar-refractivity contribution is -0.121. The van der Waals surface area contributed by atoms with Gasteiger partial charge in [-0.05, 0) is 49.7 Å². The molecule has 4 aromatic rings. The van der Waals surface area contributed by atoms with Crippen LogP contribution in [0.5, 0.6) is 0 Å². The van der Waals surface area contributed by atoms with Crippen LogP contribution < -0.4 is 5.32 Å². The molecule has 1 amide bonds. The van der Waals surface area contributed by atoms with Crippen LogP contribution in [0, 0.1) is 25.5 Å². The number of hydrogen-bond donors (Lipinski definition) is 1. The summed E-state index contributed by atoms with van der Waals surface area (Å²) in [5.41, 5.74) is 2.65. The van der Waals surface area contributed by atoms with Crippen LogP contribution in [0.1, 0.15) is 17.0 Å². The van der Waals surface area contributed by atoms with E-state index in [1.807, 2.05) is 19.9 Å². The van der Waals surface area contributed by atoms with Gasteiger partial charge in [0.15, 0.2) is 5.76 Å². The van der Waals surface area contributed by atoms with E-state index in [0.29, 0.717) is 22.8 Å². The predicted molar refractivity (Wildman–Crippen MR) is 103 cm³/mol. The molecule has 0 unspecified atom stereocenters. The summed E-state index contributed by atoms with van der Waals surface area (Å²) in [6.07, 6.45) is 1.52. The number of carbonyl (C=O) groups excluding carboxylic acids is 1. The lowest BCUT2D eigenvalue weighted by Crippen LogP contribution is -2.28. The third-order valence-corrected chi connectivity index (χ3v) is 4.67. The number of furan rings is 1. The van der Waals surface area contributed by atoms with Gasteiger partial charge in [0.25, 0.3) is 5.89 Å². The van der Waals surface area contributed by atoms with Gasteiger partial charge in [-0.25, -0.2) is 8.78 Å². The van der Waals surface area contributed by atoms with E-state index in [1.165, 1.54) is 18.4 Å². The molecule has 4 rings (SSSR count). The minimum Gasteiger partial charge on any atom is -0.459 e. The normalized spacial score (nSPS) is 11.1. The molecule has 0 atom stereocenters. The number of amides is 1. The Morgan fingerprint density at radius 2 is 1.83 bits per heavy atom. The summed E-state index contributed by atoms with van der Waals surface area (Å²) in [7, 11) is 0. The van der Waals surface area contributed by atoms with Crippen LogP contribution in [0.4, 0.5) is 8.78 Å². The fraction of sp³-hybridized carbons (Fsp3) is 0.190. The Bertz CT molecular complexity index is 1180. The van der Waals surface area contributed by atoms with Gasteiger partial charge in [-0.2, -0.15) is 0 Å². The second-order valence-electron chi connectivity index (χ2n) is 6.82. The number of nitrogens with one attached hydrogen (secondary N) is 1. The maximum atomic E-state index is 13.3. The molecule has 0 radical (unpaired) electrons. The highest BCUT2D eigenvalue weighted by Crippen LogP contribution is 2.28. The van der Waals surface area contributed by atoms with Gasteiger partial charge in [0.1, 0.15) is 18.2 Å². The number of aromatic nitrogens is 3. The Morgan fingerprint density at radius 3 is 2.53 bits per heavy atom. The van der Waals surface area contributed by atoms with Crippen LogP contribution in [0.25, 0.3) is 23.1 Å². The van der Waals surface area contributed by atoms with Gasteiger partial charge in [0.2, 0.25) is 11.8 Å². The topological polar surface area (TPSA) is 86.1 Å². The molecular weight excluding hydrogens is 394 g/mol. The monoisotopic (exact) mass is 412 g/mol. The van der Waals surface area contributed by atoms with Crippen molar-refractivity contribution in [1.29, 1.82) is 0 Å². The summed E-state index contributed by atoms with van der Waals surface area (Å²) in [5, 5.41) is 10.7. The van der Waals surface area contributed by atoms with Crippen molar-refractivity contribution in [3.05, 3.63) is 71.2 Å². The highest BCUT2D eigenvalue weighted by Gasteiger charge is 2.19. The Balaban J connectivity index is 1.47. The summed E-state index contributed by atoms with van der Waals surface area (Å²) in [6, 6.07) is 8.44. The van der Waals surface area contributed by atoms with Crippen LogP contribution in [0.2, 0.25) is 0 Å². The first kappa shape index (κ1) is 19.6. The first-order valence-electron chi connectivity index (χ1n) is 9.17. The Hall–Kier alpha value is -3.75. The van der Waals surface area contributed by atoms with E-state index in [1.54, 1.807) is 16.7 Å². The minimum absolute atomic E-state index is 0.0237. The zero-order valence-corrected chi connectivity index (χ0v) is 16.3. The number of carbonyl (C=O) groups is 1. The summed E-state index contributed by atoms with van der Waals surface area (Å²) in [6.45, 7) is 3.76. The average molecular weight is 412 g/mol. The van der Waals surface area contributed by atoms with Crippen molar-refractivity contribution in [1.82, 2.24) is 20.1 Å². The maximum absolute atomic E-state index is 13.3. The van der Waals surface area contributed by atoms with Gasteiger partial charge >= 0.3 is 0 Å². The van der Waals surface area contributed by atoms with E-state index in [-0.39, 0.29) is 24.9 Å². The van der Waals surface area contributed by atoms with Crippen molar-refractivity contribution in [2.75, 3.05) is 0 Å². The first-order valence-corrected chi connectivity index (χ1v) is 9.17. The third kappa shape index (κ3) is 4.00. The van der Waals surface area contributed by atoms with Gasteiger partial charge in [-0.1, -0.05) is 0 Å². The Labute approximate surface area is 170 Å². The summed E-state index contributed by atoms with van der Waals surface area (Å²) in [4.78, 5) is 12.4. The van der Waals surface area contributed by atoms with Crippen molar-refractivity contribution >= 4 is 5.91 Å². The second kappa shape index (κ2) is 7.94. The standard InChI is InChI=1S/C21H18F2N4O3/c1-12-6-17(20-25-26-21(30-20)18-4-3-5-29-18)13(2)27(12)11-19(28)24-10-14-7-15(22)9-16(23)8-14/h3-9H,10-11H2,1-2H3,(H,24,28).